The van der Waals surface area contributed by atoms with Gasteiger partial charge in [0.1, 0.15) is 5.52 Å². The van der Waals surface area contributed by atoms with Gasteiger partial charge in [0.25, 0.3) is 5.91 Å². The zero-order valence-electron chi connectivity index (χ0n) is 20.2. The average molecular weight is 493 g/mol. The highest BCUT2D eigenvalue weighted by Crippen LogP contribution is 2.39. The van der Waals surface area contributed by atoms with Crippen LogP contribution in [0.25, 0.3) is 11.2 Å². The number of carbonyl (C=O) groups is 3. The number of rotatable bonds is 8. The Balaban J connectivity index is 1.24. The van der Waals surface area contributed by atoms with Gasteiger partial charge in [-0.15, -0.1) is 0 Å². The fourth-order valence-electron chi connectivity index (χ4n) is 4.58. The van der Waals surface area contributed by atoms with Gasteiger partial charge in [0.15, 0.2) is 22.9 Å². The molecule has 0 aromatic carbocycles. The van der Waals surface area contributed by atoms with E-state index in [1.165, 1.54) is 6.07 Å². The van der Waals surface area contributed by atoms with Crippen LogP contribution in [-0.4, -0.2) is 59.7 Å². The highest BCUT2D eigenvalue weighted by Gasteiger charge is 2.31. The minimum Gasteiger partial charge on any atom is -0.503 e. The molecule has 11 nitrogen and oxygen atoms in total. The normalized spacial score (nSPS) is 15.4. The van der Waals surface area contributed by atoms with Crippen molar-refractivity contribution < 1.29 is 19.5 Å². The summed E-state index contributed by atoms with van der Waals surface area (Å²) in [5.41, 5.74) is 2.05. The molecular formula is C25H28N6O5. The number of ketones is 1. The van der Waals surface area contributed by atoms with Crippen molar-refractivity contribution in [3.63, 3.8) is 0 Å². The molecule has 1 aliphatic carbocycles. The average Bonchev–Trinajstić information content (AvgIpc) is 3.62. The molecule has 1 fully saturated rings. The van der Waals surface area contributed by atoms with Gasteiger partial charge >= 0.3 is 0 Å². The summed E-state index contributed by atoms with van der Waals surface area (Å²) in [6.45, 7) is 4.54. The number of amides is 2. The first-order valence-electron chi connectivity index (χ1n) is 12.1. The van der Waals surface area contributed by atoms with Gasteiger partial charge in [0.2, 0.25) is 11.3 Å². The number of hydrogen-bond acceptors (Lipinski definition) is 7. The van der Waals surface area contributed by atoms with Gasteiger partial charge in [-0.1, -0.05) is 0 Å². The molecule has 0 unspecified atom stereocenters. The van der Waals surface area contributed by atoms with E-state index in [1.807, 2.05) is 13.8 Å². The first-order valence-corrected chi connectivity index (χ1v) is 12.1. The first-order chi connectivity index (χ1) is 17.2. The van der Waals surface area contributed by atoms with E-state index in [9.17, 15) is 24.3 Å². The number of pyridine rings is 1. The fourth-order valence-corrected chi connectivity index (χ4v) is 4.58. The van der Waals surface area contributed by atoms with Gasteiger partial charge in [-0.05, 0) is 26.7 Å². The largest absolute Gasteiger partial charge is 0.503 e. The maximum atomic E-state index is 12.8. The lowest BCUT2D eigenvalue weighted by atomic mass is 10.1. The smallest absolute Gasteiger partial charge is 0.274 e. The summed E-state index contributed by atoms with van der Waals surface area (Å²) in [6, 6.07) is 1.15. The second-order valence-corrected chi connectivity index (χ2v) is 9.61. The molecule has 188 valence electrons. The molecule has 2 aliphatic rings. The molecule has 2 amide bonds. The Labute approximate surface area is 206 Å². The van der Waals surface area contributed by atoms with Crippen LogP contribution in [0.5, 0.6) is 5.75 Å². The third-order valence-electron chi connectivity index (χ3n) is 6.76. The van der Waals surface area contributed by atoms with Crippen molar-refractivity contribution in [2.24, 2.45) is 0 Å². The number of H-pyrrole nitrogens is 1. The predicted octanol–water partition coefficient (Wildman–Crippen LogP) is 1.85. The van der Waals surface area contributed by atoms with E-state index in [-0.39, 0.29) is 42.8 Å². The van der Waals surface area contributed by atoms with Crippen molar-refractivity contribution in [2.45, 2.75) is 64.6 Å². The van der Waals surface area contributed by atoms with E-state index >= 15 is 0 Å². The molecule has 1 saturated carbocycles. The summed E-state index contributed by atoms with van der Waals surface area (Å²) < 4.78 is 1.57. The molecule has 11 heteroatoms. The second kappa shape index (κ2) is 9.21. The zero-order chi connectivity index (χ0) is 25.6. The van der Waals surface area contributed by atoms with Gasteiger partial charge in [-0.2, -0.15) is 0 Å². The van der Waals surface area contributed by atoms with Gasteiger partial charge in [0, 0.05) is 55.8 Å². The van der Waals surface area contributed by atoms with Crippen LogP contribution in [0.3, 0.4) is 0 Å². The van der Waals surface area contributed by atoms with Crippen LogP contribution in [-0.2, 0) is 17.9 Å². The molecule has 4 heterocycles. The van der Waals surface area contributed by atoms with Gasteiger partial charge in [-0.3, -0.25) is 19.2 Å². The SMILES string of the molecule is CC(C)N1CCn2c(CNC(=O)CCC(=O)c3c[nH]c4ncc(C5CC5)nc34)cc(=O)c(O)c2C1=O. The second-order valence-electron chi connectivity index (χ2n) is 9.61. The van der Waals surface area contributed by atoms with Crippen molar-refractivity contribution in [1.29, 1.82) is 0 Å². The molecule has 0 saturated heterocycles. The Bertz CT molecular complexity index is 1430. The Morgan fingerprint density at radius 2 is 2.00 bits per heavy atom. The zero-order valence-corrected chi connectivity index (χ0v) is 20.2. The van der Waals surface area contributed by atoms with E-state index in [0.717, 1.165) is 18.5 Å². The number of Topliss-reactive ketones (excluding diaryl/α,β-unsaturated/α-hetero) is 1. The molecule has 1 aliphatic heterocycles. The topological polar surface area (TPSA) is 150 Å². The third kappa shape index (κ3) is 4.36. The number of nitrogens with one attached hydrogen (secondary N) is 2. The lowest BCUT2D eigenvalue weighted by Crippen LogP contribution is -2.46. The van der Waals surface area contributed by atoms with Gasteiger partial charge < -0.3 is 24.9 Å². The van der Waals surface area contributed by atoms with E-state index in [0.29, 0.717) is 41.4 Å². The summed E-state index contributed by atoms with van der Waals surface area (Å²) in [4.78, 5) is 64.0. The number of aromatic amines is 1. The molecule has 3 N–H and O–H groups in total. The Morgan fingerprint density at radius 1 is 1.22 bits per heavy atom. The summed E-state index contributed by atoms with van der Waals surface area (Å²) in [6.07, 6.45) is 5.41. The minimum atomic E-state index is -0.675. The third-order valence-corrected chi connectivity index (χ3v) is 6.76. The quantitative estimate of drug-likeness (QED) is 0.406. The molecule has 0 bridgehead atoms. The highest BCUT2D eigenvalue weighted by molar-refractivity contribution is 6.06. The lowest BCUT2D eigenvalue weighted by molar-refractivity contribution is -0.121. The van der Waals surface area contributed by atoms with Crippen LogP contribution < -0.4 is 10.7 Å². The van der Waals surface area contributed by atoms with Crippen LogP contribution in [0.15, 0.2) is 23.3 Å². The number of fused-ring (bicyclic) bond motifs is 2. The van der Waals surface area contributed by atoms with Crippen molar-refractivity contribution in [3.8, 4) is 5.75 Å². The van der Waals surface area contributed by atoms with E-state index < -0.39 is 17.1 Å². The maximum absolute atomic E-state index is 12.8. The summed E-state index contributed by atoms with van der Waals surface area (Å²) >= 11 is 0. The number of carbonyl (C=O) groups excluding carboxylic acids is 3. The van der Waals surface area contributed by atoms with E-state index in [4.69, 9.17) is 0 Å². The van der Waals surface area contributed by atoms with E-state index in [1.54, 1.807) is 21.9 Å². The maximum Gasteiger partial charge on any atom is 0.274 e. The lowest BCUT2D eigenvalue weighted by Gasteiger charge is -2.34. The molecule has 0 radical (unpaired) electrons. The van der Waals surface area contributed by atoms with E-state index in [2.05, 4.69) is 20.3 Å². The molecular weight excluding hydrogens is 464 g/mol. The number of hydrogen-bond donors (Lipinski definition) is 3. The summed E-state index contributed by atoms with van der Waals surface area (Å²) in [5, 5.41) is 13.0. The Hall–Kier alpha value is -4.02. The van der Waals surface area contributed by atoms with Crippen LogP contribution >= 0.6 is 0 Å². The Morgan fingerprint density at radius 3 is 2.72 bits per heavy atom. The summed E-state index contributed by atoms with van der Waals surface area (Å²) in [7, 11) is 0. The summed E-state index contributed by atoms with van der Waals surface area (Å²) in [5.74, 6) is -1.17. The van der Waals surface area contributed by atoms with Crippen molar-refractivity contribution in [1.82, 2.24) is 29.7 Å². The van der Waals surface area contributed by atoms with Crippen LogP contribution in [0.4, 0.5) is 0 Å². The van der Waals surface area contributed by atoms with Crippen LogP contribution in [0.2, 0.25) is 0 Å². The predicted molar refractivity (Wildman–Crippen MR) is 130 cm³/mol. The molecule has 0 spiro atoms. The molecule has 36 heavy (non-hydrogen) atoms. The van der Waals surface area contributed by atoms with Gasteiger partial charge in [0.05, 0.1) is 24.0 Å². The number of nitrogens with zero attached hydrogens (tertiary/aromatic N) is 4. The standard InChI is InChI=1S/C25H28N6O5/c1-13(2)30-7-8-31-15(9-19(33)23(35)22(31)25(30)36)10-26-20(34)6-5-18(32)16-11-27-24-21(16)29-17(12-28-24)14-3-4-14/h9,11-14,35H,3-8,10H2,1-2H3,(H,26,34)(H,27,28). The Kier molecular flexibility index (Phi) is 6.07. The molecule has 0 atom stereocenters. The van der Waals surface area contributed by atoms with Crippen LogP contribution in [0.1, 0.15) is 77.7 Å². The fraction of sp³-hybridized carbons (Fsp3) is 0.440. The molecule has 3 aromatic rings. The van der Waals surface area contributed by atoms with Crippen molar-refractivity contribution in [2.75, 3.05) is 6.54 Å². The highest BCUT2D eigenvalue weighted by atomic mass is 16.3. The number of aromatic hydroxyl groups is 1. The molecule has 5 rings (SSSR count). The van der Waals surface area contributed by atoms with Gasteiger partial charge in [-0.25, -0.2) is 9.97 Å². The minimum absolute atomic E-state index is 0.00614. The van der Waals surface area contributed by atoms with Crippen molar-refractivity contribution in [3.05, 3.63) is 51.3 Å². The molecule has 3 aromatic heterocycles. The number of aromatic nitrogens is 4. The van der Waals surface area contributed by atoms with Crippen LogP contribution in [0, 0.1) is 0 Å². The van der Waals surface area contributed by atoms with Crippen molar-refractivity contribution >= 4 is 28.8 Å². The monoisotopic (exact) mass is 492 g/mol. The first kappa shape index (κ1) is 23.7.